The molecule has 0 fully saturated rings. The molecule has 0 bridgehead atoms. The number of benzene rings is 1. The van der Waals surface area contributed by atoms with E-state index < -0.39 is 5.91 Å². The van der Waals surface area contributed by atoms with E-state index in [4.69, 9.17) is 16.3 Å². The first kappa shape index (κ1) is 15.5. The van der Waals surface area contributed by atoms with Crippen molar-refractivity contribution in [3.05, 3.63) is 39.4 Å². The highest BCUT2D eigenvalue weighted by Gasteiger charge is 2.17. The maximum atomic E-state index is 12.3. The van der Waals surface area contributed by atoms with Crippen LogP contribution in [0.3, 0.4) is 0 Å². The predicted molar refractivity (Wildman–Crippen MR) is 82.8 cm³/mol. The molecule has 0 saturated carbocycles. The lowest BCUT2D eigenvalue weighted by molar-refractivity contribution is 0.101. The average Bonchev–Trinajstić information content (AvgIpc) is 2.79. The number of halogens is 1. The van der Waals surface area contributed by atoms with Crippen molar-refractivity contribution < 1.29 is 14.3 Å². The minimum atomic E-state index is -0.391. The summed E-state index contributed by atoms with van der Waals surface area (Å²) in [5, 5.41) is 3.45. The van der Waals surface area contributed by atoms with Gasteiger partial charge in [-0.25, -0.2) is 4.98 Å². The second-order valence-electron chi connectivity index (χ2n) is 4.29. The largest absolute Gasteiger partial charge is 0.496 e. The van der Waals surface area contributed by atoms with Gasteiger partial charge in [0.1, 0.15) is 5.75 Å². The lowest BCUT2D eigenvalue weighted by Crippen LogP contribution is -2.13. The Labute approximate surface area is 130 Å². The number of nitrogens with one attached hydrogen (secondary N) is 1. The van der Waals surface area contributed by atoms with Crippen molar-refractivity contribution in [1.29, 1.82) is 0 Å². The molecule has 1 aromatic heterocycles. The first-order valence-electron chi connectivity index (χ1n) is 6.05. The number of carbonyl (C=O) groups excluding carboxylic acids is 2. The van der Waals surface area contributed by atoms with E-state index in [1.807, 2.05) is 0 Å². The van der Waals surface area contributed by atoms with Gasteiger partial charge in [-0.05, 0) is 25.1 Å². The molecular formula is C14H13ClN2O3S. The van der Waals surface area contributed by atoms with Crippen LogP contribution in [-0.4, -0.2) is 23.8 Å². The third-order valence-electron chi connectivity index (χ3n) is 2.74. The van der Waals surface area contributed by atoms with E-state index in [1.54, 1.807) is 19.1 Å². The molecular weight excluding hydrogens is 312 g/mol. The highest BCUT2D eigenvalue weighted by molar-refractivity contribution is 7.17. The third kappa shape index (κ3) is 3.40. The van der Waals surface area contributed by atoms with E-state index in [1.165, 1.54) is 20.1 Å². The molecule has 0 saturated heterocycles. The van der Waals surface area contributed by atoms with Crippen LogP contribution in [-0.2, 0) is 0 Å². The molecule has 1 aromatic carbocycles. The molecule has 0 aliphatic rings. The second-order valence-corrected chi connectivity index (χ2v) is 5.72. The number of methoxy groups -OCH3 is 1. The molecule has 0 radical (unpaired) electrons. The number of Topliss-reactive ketones (excluding diaryl/α,β-unsaturated/α-hetero) is 1. The molecule has 1 N–H and O–H groups in total. The molecule has 110 valence electrons. The number of aromatic nitrogens is 1. The van der Waals surface area contributed by atoms with Crippen molar-refractivity contribution in [1.82, 2.24) is 4.98 Å². The topological polar surface area (TPSA) is 68.3 Å². The summed E-state index contributed by atoms with van der Waals surface area (Å²) in [6, 6.07) is 4.77. The Morgan fingerprint density at radius 3 is 2.67 bits per heavy atom. The lowest BCUT2D eigenvalue weighted by atomic mass is 10.2. The lowest BCUT2D eigenvalue weighted by Gasteiger charge is -2.08. The van der Waals surface area contributed by atoms with Crippen LogP contribution in [0.15, 0.2) is 18.2 Å². The Morgan fingerprint density at radius 2 is 2.10 bits per heavy atom. The summed E-state index contributed by atoms with van der Waals surface area (Å²) in [4.78, 5) is 28.4. The number of nitrogens with zero attached hydrogens (tertiary/aromatic N) is 1. The number of hydrogen-bond donors (Lipinski definition) is 1. The fourth-order valence-electron chi connectivity index (χ4n) is 1.80. The zero-order valence-corrected chi connectivity index (χ0v) is 13.3. The standard InChI is InChI=1S/C14H13ClN2O3S/c1-7-12(8(2)18)21-14(16-7)17-13(19)10-6-9(15)4-5-11(10)20-3/h4-6H,1-3H3,(H,16,17,19). The molecule has 0 atom stereocenters. The smallest absolute Gasteiger partial charge is 0.261 e. The molecule has 5 nitrogen and oxygen atoms in total. The monoisotopic (exact) mass is 324 g/mol. The number of thiazole rings is 1. The maximum absolute atomic E-state index is 12.3. The molecule has 7 heteroatoms. The van der Waals surface area contributed by atoms with Gasteiger partial charge in [0.15, 0.2) is 10.9 Å². The number of carbonyl (C=O) groups is 2. The van der Waals surface area contributed by atoms with E-state index in [-0.39, 0.29) is 5.78 Å². The quantitative estimate of drug-likeness (QED) is 0.873. The van der Waals surface area contributed by atoms with Crippen LogP contribution in [0, 0.1) is 6.92 Å². The first-order chi connectivity index (χ1) is 9.92. The summed E-state index contributed by atoms with van der Waals surface area (Å²) in [7, 11) is 1.47. The Morgan fingerprint density at radius 1 is 1.38 bits per heavy atom. The number of amides is 1. The van der Waals surface area contributed by atoms with Crippen LogP contribution in [0.1, 0.15) is 32.6 Å². The van der Waals surface area contributed by atoms with Gasteiger partial charge in [0.05, 0.1) is 23.2 Å². The van der Waals surface area contributed by atoms with Crippen molar-refractivity contribution in [3.63, 3.8) is 0 Å². The summed E-state index contributed by atoms with van der Waals surface area (Å²) < 4.78 is 5.14. The number of anilines is 1. The number of ether oxygens (including phenoxy) is 1. The Balaban J connectivity index is 2.28. The van der Waals surface area contributed by atoms with Crippen molar-refractivity contribution in [2.75, 3.05) is 12.4 Å². The predicted octanol–water partition coefficient (Wildman–Crippen LogP) is 3.57. The number of ketones is 1. The van der Waals surface area contributed by atoms with E-state index in [2.05, 4.69) is 10.3 Å². The average molecular weight is 325 g/mol. The summed E-state index contributed by atoms with van der Waals surface area (Å²) in [6.45, 7) is 3.19. The fraction of sp³-hybridized carbons (Fsp3) is 0.214. The minimum absolute atomic E-state index is 0.0779. The summed E-state index contributed by atoms with van der Waals surface area (Å²) in [5.74, 6) is -0.0546. The summed E-state index contributed by atoms with van der Waals surface area (Å²) in [5.41, 5.74) is 0.906. The highest BCUT2D eigenvalue weighted by Crippen LogP contribution is 2.26. The van der Waals surface area contributed by atoms with Gasteiger partial charge in [0, 0.05) is 11.9 Å². The molecule has 0 spiro atoms. The zero-order valence-electron chi connectivity index (χ0n) is 11.7. The third-order valence-corrected chi connectivity index (χ3v) is 4.15. The summed E-state index contributed by atoms with van der Waals surface area (Å²) in [6.07, 6.45) is 0. The highest BCUT2D eigenvalue weighted by atomic mass is 35.5. The van der Waals surface area contributed by atoms with Gasteiger partial charge in [-0.2, -0.15) is 0 Å². The van der Waals surface area contributed by atoms with Gasteiger partial charge in [-0.1, -0.05) is 22.9 Å². The van der Waals surface area contributed by atoms with Gasteiger partial charge in [-0.15, -0.1) is 0 Å². The maximum Gasteiger partial charge on any atom is 0.261 e. The van der Waals surface area contributed by atoms with Gasteiger partial charge in [0.2, 0.25) is 0 Å². The van der Waals surface area contributed by atoms with Gasteiger partial charge in [-0.3, -0.25) is 14.9 Å². The fourth-order valence-corrected chi connectivity index (χ4v) is 2.83. The Hall–Kier alpha value is -1.92. The molecule has 0 unspecified atom stereocenters. The molecule has 2 aromatic rings. The second kappa shape index (κ2) is 6.24. The zero-order chi connectivity index (χ0) is 15.6. The molecule has 1 heterocycles. The van der Waals surface area contributed by atoms with E-state index >= 15 is 0 Å². The minimum Gasteiger partial charge on any atom is -0.496 e. The van der Waals surface area contributed by atoms with E-state index in [0.717, 1.165) is 11.3 Å². The van der Waals surface area contributed by atoms with Crippen LogP contribution in [0.4, 0.5) is 5.13 Å². The van der Waals surface area contributed by atoms with Gasteiger partial charge >= 0.3 is 0 Å². The van der Waals surface area contributed by atoms with Crippen LogP contribution >= 0.6 is 22.9 Å². The Bertz CT molecular complexity index is 712. The molecule has 2 rings (SSSR count). The SMILES string of the molecule is COc1ccc(Cl)cc1C(=O)Nc1nc(C)c(C(C)=O)s1. The van der Waals surface area contributed by atoms with Crippen molar-refractivity contribution in [2.24, 2.45) is 0 Å². The number of aryl methyl sites for hydroxylation is 1. The van der Waals surface area contributed by atoms with Gasteiger partial charge < -0.3 is 4.74 Å². The van der Waals surface area contributed by atoms with Crippen LogP contribution in [0.2, 0.25) is 5.02 Å². The van der Waals surface area contributed by atoms with Crippen molar-refractivity contribution in [2.45, 2.75) is 13.8 Å². The number of rotatable bonds is 4. The summed E-state index contributed by atoms with van der Waals surface area (Å²) >= 11 is 7.04. The molecule has 0 aliphatic heterocycles. The molecule has 1 amide bonds. The Kier molecular flexibility index (Phi) is 4.59. The first-order valence-corrected chi connectivity index (χ1v) is 7.25. The molecule has 21 heavy (non-hydrogen) atoms. The van der Waals surface area contributed by atoms with Gasteiger partial charge in [0.25, 0.3) is 5.91 Å². The van der Waals surface area contributed by atoms with Crippen LogP contribution in [0.25, 0.3) is 0 Å². The number of hydrogen-bond acceptors (Lipinski definition) is 5. The van der Waals surface area contributed by atoms with E-state index in [0.29, 0.717) is 32.0 Å². The molecule has 0 aliphatic carbocycles. The van der Waals surface area contributed by atoms with Crippen molar-refractivity contribution >= 4 is 39.8 Å². The van der Waals surface area contributed by atoms with Crippen LogP contribution in [0.5, 0.6) is 5.75 Å². The van der Waals surface area contributed by atoms with Crippen molar-refractivity contribution in [3.8, 4) is 5.75 Å². The van der Waals surface area contributed by atoms with E-state index in [9.17, 15) is 9.59 Å². The normalized spacial score (nSPS) is 10.3. The van der Waals surface area contributed by atoms with Crippen LogP contribution < -0.4 is 10.1 Å².